The lowest BCUT2D eigenvalue weighted by Crippen LogP contribution is -2.37. The summed E-state index contributed by atoms with van der Waals surface area (Å²) in [5.74, 6) is -6.62. The first-order valence-corrected chi connectivity index (χ1v) is 5.60. The van der Waals surface area contributed by atoms with E-state index >= 15 is 0 Å². The minimum atomic E-state index is -5.63. The minimum absolute atomic E-state index is 0.143. The standard InChI is InChI=1S/C9H8F6N4O2/c10-8(11,12)4(9(13,14)15)5-16-17-18-19(5)3-7(1-2-7)6(20)21/h4H,1-3H2,(H,20,21). The van der Waals surface area contributed by atoms with Crippen molar-refractivity contribution in [3.8, 4) is 0 Å². The van der Waals surface area contributed by atoms with Gasteiger partial charge in [0.15, 0.2) is 5.82 Å². The van der Waals surface area contributed by atoms with Gasteiger partial charge >= 0.3 is 18.3 Å². The molecule has 1 aromatic rings. The van der Waals surface area contributed by atoms with E-state index in [1.54, 1.807) is 0 Å². The fourth-order valence-corrected chi connectivity index (χ4v) is 1.89. The summed E-state index contributed by atoms with van der Waals surface area (Å²) in [7, 11) is 0. The number of aromatic nitrogens is 4. The van der Waals surface area contributed by atoms with E-state index < -0.39 is 42.0 Å². The molecule has 1 fully saturated rings. The fourth-order valence-electron chi connectivity index (χ4n) is 1.89. The third kappa shape index (κ3) is 2.93. The summed E-state index contributed by atoms with van der Waals surface area (Å²) in [6, 6.07) is 0. The molecule has 0 aromatic carbocycles. The van der Waals surface area contributed by atoms with Crippen LogP contribution in [0.15, 0.2) is 0 Å². The maximum atomic E-state index is 12.6. The van der Waals surface area contributed by atoms with Gasteiger partial charge in [-0.2, -0.15) is 26.3 Å². The van der Waals surface area contributed by atoms with Crippen LogP contribution in [0.4, 0.5) is 26.3 Å². The second kappa shape index (κ2) is 4.56. The van der Waals surface area contributed by atoms with Gasteiger partial charge in [0.1, 0.15) is 0 Å². The molecule has 6 nitrogen and oxygen atoms in total. The Balaban J connectivity index is 2.37. The number of hydrogen-bond donors (Lipinski definition) is 1. The van der Waals surface area contributed by atoms with Crippen LogP contribution in [-0.2, 0) is 11.3 Å². The lowest BCUT2D eigenvalue weighted by molar-refractivity contribution is -0.256. The topological polar surface area (TPSA) is 80.9 Å². The molecule has 0 amide bonds. The van der Waals surface area contributed by atoms with Crippen molar-refractivity contribution >= 4 is 5.97 Å². The molecule has 1 aliphatic rings. The smallest absolute Gasteiger partial charge is 0.407 e. The normalized spacial score (nSPS) is 18.0. The van der Waals surface area contributed by atoms with Gasteiger partial charge in [-0.3, -0.25) is 4.79 Å². The van der Waals surface area contributed by atoms with E-state index in [0.717, 1.165) is 0 Å². The zero-order valence-electron chi connectivity index (χ0n) is 10.1. The number of hydrogen-bond acceptors (Lipinski definition) is 4. The third-order valence-corrected chi connectivity index (χ3v) is 3.23. The number of halogens is 6. The van der Waals surface area contributed by atoms with Gasteiger partial charge in [-0.1, -0.05) is 0 Å². The highest BCUT2D eigenvalue weighted by molar-refractivity contribution is 5.77. The summed E-state index contributed by atoms with van der Waals surface area (Å²) in [6.07, 6.45) is -11.0. The highest BCUT2D eigenvalue weighted by atomic mass is 19.4. The van der Waals surface area contributed by atoms with Crippen LogP contribution >= 0.6 is 0 Å². The summed E-state index contributed by atoms with van der Waals surface area (Å²) in [4.78, 5) is 11.0. The number of aliphatic carboxylic acids is 1. The first kappa shape index (κ1) is 15.5. The minimum Gasteiger partial charge on any atom is -0.481 e. The zero-order valence-corrected chi connectivity index (χ0v) is 10.1. The lowest BCUT2D eigenvalue weighted by atomic mass is 10.1. The Morgan fingerprint density at radius 2 is 1.76 bits per heavy atom. The Kier molecular flexibility index (Phi) is 3.37. The molecule has 0 aliphatic heterocycles. The van der Waals surface area contributed by atoms with Crippen LogP contribution in [0.25, 0.3) is 0 Å². The van der Waals surface area contributed by atoms with Gasteiger partial charge in [0.25, 0.3) is 0 Å². The second-order valence-electron chi connectivity index (χ2n) is 4.80. The molecule has 1 aromatic heterocycles. The molecule has 0 bridgehead atoms. The van der Waals surface area contributed by atoms with Gasteiger partial charge in [-0.15, -0.1) is 5.10 Å². The van der Waals surface area contributed by atoms with E-state index in [-0.39, 0.29) is 17.5 Å². The van der Waals surface area contributed by atoms with E-state index in [0.29, 0.717) is 0 Å². The van der Waals surface area contributed by atoms with E-state index in [1.807, 2.05) is 0 Å². The van der Waals surface area contributed by atoms with Crippen LogP contribution in [0.5, 0.6) is 0 Å². The molecular formula is C9H8F6N4O2. The first-order valence-electron chi connectivity index (χ1n) is 5.60. The molecule has 118 valence electrons. The monoisotopic (exact) mass is 318 g/mol. The molecule has 12 heteroatoms. The molecule has 1 saturated carbocycles. The molecule has 1 N–H and O–H groups in total. The van der Waals surface area contributed by atoms with Crippen molar-refractivity contribution in [3.05, 3.63) is 5.82 Å². The second-order valence-corrected chi connectivity index (χ2v) is 4.80. The molecule has 1 heterocycles. The van der Waals surface area contributed by atoms with E-state index in [1.165, 1.54) is 0 Å². The molecule has 0 radical (unpaired) electrons. The molecular weight excluding hydrogens is 310 g/mol. The van der Waals surface area contributed by atoms with Crippen LogP contribution in [0.2, 0.25) is 0 Å². The van der Waals surface area contributed by atoms with Gasteiger partial charge < -0.3 is 5.11 Å². The van der Waals surface area contributed by atoms with Crippen LogP contribution in [0, 0.1) is 5.41 Å². The number of rotatable bonds is 4. The average Bonchev–Trinajstić information content (AvgIpc) is 2.92. The van der Waals surface area contributed by atoms with Crippen molar-refractivity contribution in [1.82, 2.24) is 20.2 Å². The van der Waals surface area contributed by atoms with Gasteiger partial charge in [0.05, 0.1) is 12.0 Å². The van der Waals surface area contributed by atoms with Gasteiger partial charge in [-0.05, 0) is 23.3 Å². The zero-order chi connectivity index (χ0) is 16.1. The predicted molar refractivity (Wildman–Crippen MR) is 52.0 cm³/mol. The summed E-state index contributed by atoms with van der Waals surface area (Å²) in [5.41, 5.74) is -1.40. The summed E-state index contributed by atoms with van der Waals surface area (Å²) in [5, 5.41) is 17.6. The quantitative estimate of drug-likeness (QED) is 0.855. The lowest BCUT2D eigenvalue weighted by Gasteiger charge is -2.22. The highest BCUT2D eigenvalue weighted by Gasteiger charge is 2.61. The molecule has 2 rings (SSSR count). The van der Waals surface area contributed by atoms with Crippen molar-refractivity contribution in [2.75, 3.05) is 0 Å². The van der Waals surface area contributed by atoms with Crippen molar-refractivity contribution in [1.29, 1.82) is 0 Å². The third-order valence-electron chi connectivity index (χ3n) is 3.23. The number of nitrogens with zero attached hydrogens (tertiary/aromatic N) is 4. The Morgan fingerprint density at radius 1 is 1.24 bits per heavy atom. The van der Waals surface area contributed by atoms with Crippen LogP contribution in [0.3, 0.4) is 0 Å². The highest BCUT2D eigenvalue weighted by Crippen LogP contribution is 2.49. The summed E-state index contributed by atoms with van der Waals surface area (Å²) < 4.78 is 76.0. The molecule has 0 atom stereocenters. The van der Waals surface area contributed by atoms with Crippen molar-refractivity contribution in [2.45, 2.75) is 37.7 Å². The maximum absolute atomic E-state index is 12.6. The molecule has 0 unspecified atom stereocenters. The molecule has 21 heavy (non-hydrogen) atoms. The van der Waals surface area contributed by atoms with Gasteiger partial charge in [0.2, 0.25) is 5.92 Å². The SMILES string of the molecule is O=C(O)C1(Cn2nnnc2C(C(F)(F)F)C(F)(F)F)CC1. The number of tetrazole rings is 1. The number of carboxylic acids is 1. The molecule has 1 aliphatic carbocycles. The van der Waals surface area contributed by atoms with E-state index in [9.17, 15) is 31.1 Å². The Labute approximate surface area is 112 Å². The number of carboxylic acid groups (broad SMARTS) is 1. The largest absolute Gasteiger partial charge is 0.481 e. The van der Waals surface area contributed by atoms with Gasteiger partial charge in [0, 0.05) is 0 Å². The summed E-state index contributed by atoms with van der Waals surface area (Å²) >= 11 is 0. The number of carbonyl (C=O) groups is 1. The molecule has 0 saturated heterocycles. The maximum Gasteiger partial charge on any atom is 0.407 e. The van der Waals surface area contributed by atoms with Crippen LogP contribution in [0.1, 0.15) is 24.6 Å². The summed E-state index contributed by atoms with van der Waals surface area (Å²) in [6.45, 7) is -0.632. The van der Waals surface area contributed by atoms with E-state index in [2.05, 4.69) is 15.5 Å². The Morgan fingerprint density at radius 3 is 2.14 bits per heavy atom. The average molecular weight is 318 g/mol. The van der Waals surface area contributed by atoms with E-state index in [4.69, 9.17) is 5.11 Å². The predicted octanol–water partition coefficient (Wildman–Crippen LogP) is 1.75. The fraction of sp³-hybridized carbons (Fsp3) is 0.778. The van der Waals surface area contributed by atoms with Crippen molar-refractivity contribution < 1.29 is 36.2 Å². The van der Waals surface area contributed by atoms with Crippen LogP contribution < -0.4 is 0 Å². The Hall–Kier alpha value is -1.88. The molecule has 0 spiro atoms. The van der Waals surface area contributed by atoms with Gasteiger partial charge in [-0.25, -0.2) is 4.68 Å². The van der Waals surface area contributed by atoms with Crippen molar-refractivity contribution in [3.63, 3.8) is 0 Å². The van der Waals surface area contributed by atoms with Crippen molar-refractivity contribution in [2.24, 2.45) is 5.41 Å². The first-order chi connectivity index (χ1) is 9.47. The number of alkyl halides is 6. The van der Waals surface area contributed by atoms with Crippen LogP contribution in [-0.4, -0.2) is 43.6 Å². The Bertz CT molecular complexity index is 533.